The first kappa shape index (κ1) is 14.5. The molecule has 3 N–H and O–H groups in total. The molecule has 0 aliphatic rings. The summed E-state index contributed by atoms with van der Waals surface area (Å²) in [6, 6.07) is 4.05. The number of aryl methyl sites for hydroxylation is 3. The van der Waals surface area contributed by atoms with Gasteiger partial charge in [-0.2, -0.15) is 0 Å². The lowest BCUT2D eigenvalue weighted by molar-refractivity contribution is 0.237. The molecule has 18 heavy (non-hydrogen) atoms. The highest BCUT2D eigenvalue weighted by Gasteiger charge is 2.05. The summed E-state index contributed by atoms with van der Waals surface area (Å²) in [6.45, 7) is 7.30. The Labute approximate surface area is 108 Å². The maximum Gasteiger partial charge on any atom is 0.315 e. The van der Waals surface area contributed by atoms with Crippen LogP contribution in [0.25, 0.3) is 0 Å². The van der Waals surface area contributed by atoms with Crippen LogP contribution in [0, 0.1) is 20.8 Å². The highest BCUT2D eigenvalue weighted by molar-refractivity contribution is 5.73. The van der Waals surface area contributed by atoms with Crippen LogP contribution >= 0.6 is 0 Å². The quantitative estimate of drug-likeness (QED) is 0.698. The summed E-state index contributed by atoms with van der Waals surface area (Å²) in [4.78, 5) is 11.5. The molecule has 0 aliphatic heterocycles. The number of hydrogen-bond donors (Lipinski definition) is 3. The Balaban J connectivity index is 2.51. The third-order valence-corrected chi connectivity index (χ3v) is 2.89. The van der Waals surface area contributed by atoms with Gasteiger partial charge in [-0.3, -0.25) is 0 Å². The number of amides is 2. The molecule has 100 valence electrons. The Morgan fingerprint density at radius 3 is 2.33 bits per heavy atom. The largest absolute Gasteiger partial charge is 0.396 e. The number of hydrogen-bond acceptors (Lipinski definition) is 2. The molecule has 0 saturated heterocycles. The number of urea groups is 1. The van der Waals surface area contributed by atoms with Crippen LogP contribution < -0.4 is 10.6 Å². The summed E-state index contributed by atoms with van der Waals surface area (Å²) >= 11 is 0. The van der Waals surface area contributed by atoms with E-state index in [4.69, 9.17) is 5.11 Å². The van der Waals surface area contributed by atoms with Crippen molar-refractivity contribution in [1.29, 1.82) is 0 Å². The summed E-state index contributed by atoms with van der Waals surface area (Å²) in [5.41, 5.74) is 4.80. The molecule has 0 bridgehead atoms. The van der Waals surface area contributed by atoms with Gasteiger partial charge in [-0.1, -0.05) is 17.7 Å². The first-order chi connectivity index (χ1) is 8.54. The number of benzene rings is 1. The van der Waals surface area contributed by atoms with Gasteiger partial charge in [0.05, 0.1) is 0 Å². The molecule has 1 aromatic carbocycles. The minimum Gasteiger partial charge on any atom is -0.396 e. The molecule has 4 nitrogen and oxygen atoms in total. The smallest absolute Gasteiger partial charge is 0.315 e. The minimum atomic E-state index is -0.192. The molecule has 0 aromatic heterocycles. The first-order valence-electron chi connectivity index (χ1n) is 6.24. The van der Waals surface area contributed by atoms with Gasteiger partial charge in [-0.15, -0.1) is 0 Å². The third-order valence-electron chi connectivity index (χ3n) is 2.89. The topological polar surface area (TPSA) is 61.4 Å². The van der Waals surface area contributed by atoms with Gasteiger partial charge in [0.1, 0.15) is 0 Å². The van der Waals surface area contributed by atoms with Gasteiger partial charge in [-0.05, 0) is 43.9 Å². The molecule has 0 spiro atoms. The molecular weight excluding hydrogens is 228 g/mol. The van der Waals surface area contributed by atoms with Gasteiger partial charge >= 0.3 is 6.03 Å². The Kier molecular flexibility index (Phi) is 5.65. The lowest BCUT2D eigenvalue weighted by atomic mass is 10.00. The van der Waals surface area contributed by atoms with Crippen LogP contribution in [-0.4, -0.2) is 24.3 Å². The second-order valence-corrected chi connectivity index (χ2v) is 4.56. The zero-order valence-electron chi connectivity index (χ0n) is 11.3. The predicted molar refractivity (Wildman–Crippen MR) is 72.6 cm³/mol. The Hall–Kier alpha value is -1.55. The second-order valence-electron chi connectivity index (χ2n) is 4.56. The van der Waals surface area contributed by atoms with E-state index in [1.807, 2.05) is 0 Å². The van der Waals surface area contributed by atoms with Crippen molar-refractivity contribution < 1.29 is 9.90 Å². The lowest BCUT2D eigenvalue weighted by Crippen LogP contribution is -2.36. The van der Waals surface area contributed by atoms with Crippen LogP contribution in [0.4, 0.5) is 4.79 Å². The number of carbonyl (C=O) groups is 1. The van der Waals surface area contributed by atoms with Crippen LogP contribution in [-0.2, 0) is 6.54 Å². The molecule has 0 atom stereocenters. The SMILES string of the molecule is Cc1cc(C)c(CNC(=O)NCCCO)c(C)c1. The maximum absolute atomic E-state index is 11.5. The van der Waals surface area contributed by atoms with E-state index in [1.165, 1.54) is 16.7 Å². The maximum atomic E-state index is 11.5. The van der Waals surface area contributed by atoms with Crippen LogP contribution in [0.2, 0.25) is 0 Å². The van der Waals surface area contributed by atoms with E-state index >= 15 is 0 Å². The van der Waals surface area contributed by atoms with E-state index in [2.05, 4.69) is 43.5 Å². The van der Waals surface area contributed by atoms with Crippen LogP contribution in [0.3, 0.4) is 0 Å². The molecule has 0 radical (unpaired) electrons. The van der Waals surface area contributed by atoms with E-state index in [-0.39, 0.29) is 12.6 Å². The van der Waals surface area contributed by atoms with Gasteiger partial charge in [-0.25, -0.2) is 4.79 Å². The summed E-state index contributed by atoms with van der Waals surface area (Å²) < 4.78 is 0. The molecule has 0 fully saturated rings. The van der Waals surface area contributed by atoms with Crippen molar-refractivity contribution in [3.63, 3.8) is 0 Å². The Morgan fingerprint density at radius 1 is 1.17 bits per heavy atom. The highest BCUT2D eigenvalue weighted by atomic mass is 16.3. The molecule has 1 aromatic rings. The van der Waals surface area contributed by atoms with Crippen molar-refractivity contribution in [2.45, 2.75) is 33.7 Å². The lowest BCUT2D eigenvalue weighted by Gasteiger charge is -2.13. The summed E-state index contributed by atoms with van der Waals surface area (Å²) in [7, 11) is 0. The van der Waals surface area contributed by atoms with E-state index in [9.17, 15) is 4.79 Å². The van der Waals surface area contributed by atoms with Crippen molar-refractivity contribution in [2.24, 2.45) is 0 Å². The fourth-order valence-corrected chi connectivity index (χ4v) is 2.00. The van der Waals surface area contributed by atoms with Crippen LogP contribution in [0.5, 0.6) is 0 Å². The highest BCUT2D eigenvalue weighted by Crippen LogP contribution is 2.15. The summed E-state index contributed by atoms with van der Waals surface area (Å²) in [5.74, 6) is 0. The molecule has 1 rings (SSSR count). The zero-order chi connectivity index (χ0) is 13.5. The van der Waals surface area contributed by atoms with Gasteiger partial charge in [0.2, 0.25) is 0 Å². The molecular formula is C14H22N2O2. The standard InChI is InChI=1S/C14H22N2O2/c1-10-7-11(2)13(12(3)8-10)9-16-14(18)15-5-4-6-17/h7-8,17H,4-6,9H2,1-3H3,(H2,15,16,18). The number of aliphatic hydroxyl groups is 1. The van der Waals surface area contributed by atoms with E-state index in [1.54, 1.807) is 0 Å². The Bertz CT molecular complexity index is 393. The van der Waals surface area contributed by atoms with Gasteiger partial charge in [0.15, 0.2) is 0 Å². The van der Waals surface area contributed by atoms with E-state index in [0.29, 0.717) is 19.5 Å². The van der Waals surface area contributed by atoms with E-state index in [0.717, 1.165) is 5.56 Å². The zero-order valence-corrected chi connectivity index (χ0v) is 11.3. The number of carbonyl (C=O) groups excluding carboxylic acids is 1. The fourth-order valence-electron chi connectivity index (χ4n) is 2.00. The Morgan fingerprint density at radius 2 is 1.78 bits per heavy atom. The number of nitrogens with one attached hydrogen (secondary N) is 2. The van der Waals surface area contributed by atoms with Crippen molar-refractivity contribution in [3.8, 4) is 0 Å². The van der Waals surface area contributed by atoms with Gasteiger partial charge < -0.3 is 15.7 Å². The normalized spacial score (nSPS) is 10.2. The molecule has 0 aliphatic carbocycles. The average molecular weight is 250 g/mol. The molecule has 0 saturated carbocycles. The predicted octanol–water partition coefficient (Wildman–Crippen LogP) is 1.79. The van der Waals surface area contributed by atoms with Crippen molar-refractivity contribution >= 4 is 6.03 Å². The monoisotopic (exact) mass is 250 g/mol. The van der Waals surface area contributed by atoms with Gasteiger partial charge in [0.25, 0.3) is 0 Å². The third kappa shape index (κ3) is 4.37. The molecule has 0 unspecified atom stereocenters. The molecule has 2 amide bonds. The van der Waals surface area contributed by atoms with Gasteiger partial charge in [0, 0.05) is 19.7 Å². The first-order valence-corrected chi connectivity index (χ1v) is 6.24. The molecule has 4 heteroatoms. The average Bonchev–Trinajstić information content (AvgIpc) is 2.27. The van der Waals surface area contributed by atoms with Crippen molar-refractivity contribution in [3.05, 3.63) is 34.4 Å². The summed E-state index contributed by atoms with van der Waals surface area (Å²) in [6.07, 6.45) is 0.579. The van der Waals surface area contributed by atoms with E-state index < -0.39 is 0 Å². The fraction of sp³-hybridized carbons (Fsp3) is 0.500. The second kappa shape index (κ2) is 7.01. The van der Waals surface area contributed by atoms with Crippen molar-refractivity contribution in [2.75, 3.05) is 13.2 Å². The minimum absolute atomic E-state index is 0.0937. The number of rotatable bonds is 5. The molecule has 0 heterocycles. The van der Waals surface area contributed by atoms with Crippen molar-refractivity contribution in [1.82, 2.24) is 10.6 Å². The summed E-state index contributed by atoms with van der Waals surface area (Å²) in [5, 5.41) is 14.1. The van der Waals surface area contributed by atoms with Crippen LogP contribution in [0.15, 0.2) is 12.1 Å². The number of aliphatic hydroxyl groups excluding tert-OH is 1. The van der Waals surface area contributed by atoms with Crippen LogP contribution in [0.1, 0.15) is 28.7 Å².